The molecule has 156 valence electrons. The van der Waals surface area contributed by atoms with E-state index in [2.05, 4.69) is 5.10 Å². The van der Waals surface area contributed by atoms with Crippen molar-refractivity contribution >= 4 is 15.7 Å². The lowest BCUT2D eigenvalue weighted by atomic mass is 10.1. The summed E-state index contributed by atoms with van der Waals surface area (Å²) in [6.07, 6.45) is -0.129. The van der Waals surface area contributed by atoms with Gasteiger partial charge < -0.3 is 14.4 Å². The molecular weight excluding hydrogens is 394 g/mol. The first-order chi connectivity index (χ1) is 13.7. The lowest BCUT2D eigenvalue weighted by Gasteiger charge is -2.29. The minimum absolute atomic E-state index is 0.121. The number of hydrogen-bond donors (Lipinski definition) is 0. The third-order valence-corrected chi connectivity index (χ3v) is 7.34. The van der Waals surface area contributed by atoms with Gasteiger partial charge in [0.1, 0.15) is 6.61 Å². The smallest absolute Gasteiger partial charge is 0.267 e. The summed E-state index contributed by atoms with van der Waals surface area (Å²) >= 11 is 0. The highest BCUT2D eigenvalue weighted by Gasteiger charge is 2.33. The van der Waals surface area contributed by atoms with Crippen LogP contribution in [0.4, 0.5) is 0 Å². The van der Waals surface area contributed by atoms with Crippen LogP contribution in [0.1, 0.15) is 29.4 Å². The molecule has 2 aromatic rings. The maximum atomic E-state index is 12.9. The van der Waals surface area contributed by atoms with Gasteiger partial charge in [0.05, 0.1) is 23.2 Å². The van der Waals surface area contributed by atoms with Crippen molar-refractivity contribution in [1.29, 1.82) is 0 Å². The zero-order chi connectivity index (χ0) is 20.8. The Morgan fingerprint density at radius 2 is 2.00 bits per heavy atom. The van der Waals surface area contributed by atoms with Gasteiger partial charge in [0.25, 0.3) is 5.91 Å². The second kappa shape index (κ2) is 7.37. The molecule has 2 aliphatic rings. The first kappa shape index (κ1) is 19.8. The van der Waals surface area contributed by atoms with E-state index < -0.39 is 15.9 Å². The fourth-order valence-electron chi connectivity index (χ4n) is 3.95. The van der Waals surface area contributed by atoms with E-state index in [4.69, 9.17) is 9.47 Å². The number of hydrogen-bond acceptors (Lipinski definition) is 6. The van der Waals surface area contributed by atoms with Crippen LogP contribution in [0.5, 0.6) is 11.5 Å². The van der Waals surface area contributed by atoms with E-state index in [9.17, 15) is 13.2 Å². The standard InChI is InChI=1S/C20H25N3O5S/c1-13-16(14(2)23(21-13)15-8-9-29(25,26)12-15)10-22(3)20(24)19-11-27-17-6-4-5-7-18(17)28-19/h4-7,15,19H,8-12H2,1-3H3/t15-,19+/m1/s1. The molecule has 1 fully saturated rings. The van der Waals surface area contributed by atoms with Gasteiger partial charge in [-0.1, -0.05) is 12.1 Å². The molecule has 1 amide bonds. The van der Waals surface area contributed by atoms with Crippen molar-refractivity contribution in [2.45, 2.75) is 39.0 Å². The molecule has 2 aliphatic heterocycles. The van der Waals surface area contributed by atoms with Crippen LogP contribution in [-0.4, -0.2) is 60.3 Å². The van der Waals surface area contributed by atoms with Crippen LogP contribution in [0.25, 0.3) is 0 Å². The highest BCUT2D eigenvalue weighted by molar-refractivity contribution is 7.91. The van der Waals surface area contributed by atoms with E-state index in [1.807, 2.05) is 36.7 Å². The number of para-hydroxylation sites is 2. The molecule has 3 heterocycles. The van der Waals surface area contributed by atoms with Gasteiger partial charge in [0.15, 0.2) is 21.3 Å². The Kier molecular flexibility index (Phi) is 5.02. The molecular formula is C20H25N3O5S. The van der Waals surface area contributed by atoms with Gasteiger partial charge in [0, 0.05) is 24.8 Å². The molecule has 1 saturated heterocycles. The predicted octanol–water partition coefficient (Wildman–Crippen LogP) is 1.66. The fraction of sp³-hybridized carbons (Fsp3) is 0.500. The molecule has 0 unspecified atom stereocenters. The fourth-order valence-corrected chi connectivity index (χ4v) is 5.64. The van der Waals surface area contributed by atoms with E-state index in [1.165, 1.54) is 0 Å². The van der Waals surface area contributed by atoms with Gasteiger partial charge in [-0.3, -0.25) is 9.48 Å². The second-order valence-electron chi connectivity index (χ2n) is 7.71. The summed E-state index contributed by atoms with van der Waals surface area (Å²) in [6.45, 7) is 4.35. The summed E-state index contributed by atoms with van der Waals surface area (Å²) in [5.74, 6) is 1.35. The molecule has 9 heteroatoms. The number of sulfone groups is 1. The molecule has 0 spiro atoms. The van der Waals surface area contributed by atoms with Gasteiger partial charge in [-0.2, -0.15) is 5.10 Å². The Morgan fingerprint density at radius 1 is 1.28 bits per heavy atom. The van der Waals surface area contributed by atoms with E-state index >= 15 is 0 Å². The van der Waals surface area contributed by atoms with Crippen molar-refractivity contribution in [3.63, 3.8) is 0 Å². The summed E-state index contributed by atoms with van der Waals surface area (Å²) < 4.78 is 36.9. The summed E-state index contributed by atoms with van der Waals surface area (Å²) in [4.78, 5) is 14.5. The van der Waals surface area contributed by atoms with Crippen molar-refractivity contribution < 1.29 is 22.7 Å². The number of carbonyl (C=O) groups is 1. The number of aromatic nitrogens is 2. The molecule has 0 aliphatic carbocycles. The number of carbonyl (C=O) groups excluding carboxylic acids is 1. The lowest BCUT2D eigenvalue weighted by molar-refractivity contribution is -0.140. The third kappa shape index (κ3) is 3.83. The highest BCUT2D eigenvalue weighted by atomic mass is 32.2. The van der Waals surface area contributed by atoms with Gasteiger partial charge in [-0.25, -0.2) is 8.42 Å². The predicted molar refractivity (Wildman–Crippen MR) is 107 cm³/mol. The summed E-state index contributed by atoms with van der Waals surface area (Å²) in [5.41, 5.74) is 2.63. The first-order valence-electron chi connectivity index (χ1n) is 9.63. The molecule has 1 aromatic carbocycles. The monoisotopic (exact) mass is 419 g/mol. The maximum absolute atomic E-state index is 12.9. The van der Waals surface area contributed by atoms with Crippen LogP contribution in [0.3, 0.4) is 0 Å². The van der Waals surface area contributed by atoms with E-state index in [-0.39, 0.29) is 30.1 Å². The normalized spacial score (nSPS) is 22.4. The van der Waals surface area contributed by atoms with Crippen molar-refractivity contribution in [3.05, 3.63) is 41.2 Å². The Labute approximate surface area is 170 Å². The summed E-state index contributed by atoms with van der Waals surface area (Å²) in [7, 11) is -1.27. The molecule has 0 radical (unpaired) electrons. The van der Waals surface area contributed by atoms with Crippen molar-refractivity contribution in [2.24, 2.45) is 0 Å². The average Bonchev–Trinajstić information content (AvgIpc) is 3.20. The molecule has 1 aromatic heterocycles. The van der Waals surface area contributed by atoms with E-state index in [0.29, 0.717) is 24.5 Å². The molecule has 4 rings (SSSR count). The van der Waals surface area contributed by atoms with Crippen LogP contribution >= 0.6 is 0 Å². The SMILES string of the molecule is Cc1nn([C@@H]2CCS(=O)(=O)C2)c(C)c1CN(C)C(=O)[C@@H]1COc2ccccc2O1. The molecule has 8 nitrogen and oxygen atoms in total. The number of ether oxygens (including phenoxy) is 2. The van der Waals surface area contributed by atoms with Crippen LogP contribution in [-0.2, 0) is 21.2 Å². The van der Waals surface area contributed by atoms with E-state index in [0.717, 1.165) is 17.0 Å². The van der Waals surface area contributed by atoms with Crippen molar-refractivity contribution in [1.82, 2.24) is 14.7 Å². The van der Waals surface area contributed by atoms with Gasteiger partial charge in [-0.05, 0) is 32.4 Å². The number of fused-ring (bicyclic) bond motifs is 1. The lowest BCUT2D eigenvalue weighted by Crippen LogP contribution is -2.44. The molecule has 2 atom stereocenters. The van der Waals surface area contributed by atoms with Crippen molar-refractivity contribution in [3.8, 4) is 11.5 Å². The minimum Gasteiger partial charge on any atom is -0.485 e. The summed E-state index contributed by atoms with van der Waals surface area (Å²) in [5, 5.41) is 4.57. The number of rotatable bonds is 4. The first-order valence-corrected chi connectivity index (χ1v) is 11.5. The van der Waals surface area contributed by atoms with Gasteiger partial charge >= 0.3 is 0 Å². The number of nitrogens with zero attached hydrogens (tertiary/aromatic N) is 3. The number of likely N-dealkylation sites (N-methyl/N-ethyl adjacent to an activating group) is 1. The summed E-state index contributed by atoms with van der Waals surface area (Å²) in [6, 6.07) is 7.14. The topological polar surface area (TPSA) is 90.7 Å². The zero-order valence-corrected chi connectivity index (χ0v) is 17.6. The van der Waals surface area contributed by atoms with Crippen LogP contribution in [0.2, 0.25) is 0 Å². The number of aryl methyl sites for hydroxylation is 1. The van der Waals surface area contributed by atoms with E-state index in [1.54, 1.807) is 18.0 Å². The molecule has 29 heavy (non-hydrogen) atoms. The second-order valence-corrected chi connectivity index (χ2v) is 9.94. The molecule has 0 N–H and O–H groups in total. The minimum atomic E-state index is -3.00. The van der Waals surface area contributed by atoms with Gasteiger partial charge in [-0.15, -0.1) is 0 Å². The average molecular weight is 420 g/mol. The third-order valence-electron chi connectivity index (χ3n) is 5.58. The highest BCUT2D eigenvalue weighted by Crippen LogP contribution is 2.32. The Morgan fingerprint density at radius 3 is 2.69 bits per heavy atom. The number of amides is 1. The number of benzene rings is 1. The van der Waals surface area contributed by atoms with Crippen LogP contribution in [0, 0.1) is 13.8 Å². The Bertz CT molecular complexity index is 1050. The molecule has 0 saturated carbocycles. The Hall–Kier alpha value is -2.55. The quantitative estimate of drug-likeness (QED) is 0.749. The largest absolute Gasteiger partial charge is 0.485 e. The van der Waals surface area contributed by atoms with Gasteiger partial charge in [0.2, 0.25) is 6.10 Å². The molecule has 0 bridgehead atoms. The Balaban J connectivity index is 1.47. The van der Waals surface area contributed by atoms with Crippen LogP contribution < -0.4 is 9.47 Å². The van der Waals surface area contributed by atoms with Crippen molar-refractivity contribution in [2.75, 3.05) is 25.2 Å². The van der Waals surface area contributed by atoms with Crippen LogP contribution in [0.15, 0.2) is 24.3 Å². The maximum Gasteiger partial charge on any atom is 0.267 e. The zero-order valence-electron chi connectivity index (χ0n) is 16.8.